The van der Waals surface area contributed by atoms with E-state index in [1.54, 1.807) is 53.6 Å². The van der Waals surface area contributed by atoms with Crippen molar-refractivity contribution in [2.75, 3.05) is 13.2 Å². The number of aromatic nitrogens is 4. The molecule has 4 heterocycles. The molecule has 1 spiro atoms. The summed E-state index contributed by atoms with van der Waals surface area (Å²) in [7, 11) is -1.99. The molecule has 168 valence electrons. The van der Waals surface area contributed by atoms with E-state index < -0.39 is 15.8 Å². The Kier molecular flexibility index (Phi) is 4.55. The Morgan fingerprint density at radius 2 is 1.82 bits per heavy atom. The van der Waals surface area contributed by atoms with Crippen LogP contribution in [0.3, 0.4) is 0 Å². The largest absolute Gasteiger partial charge is 0.344 e. The maximum absolute atomic E-state index is 13.5. The Bertz CT molecular complexity index is 1500. The van der Waals surface area contributed by atoms with Gasteiger partial charge in [-0.3, -0.25) is 4.68 Å². The minimum absolute atomic E-state index is 0.210. The number of hydrogen-bond acceptors (Lipinski definition) is 6. The van der Waals surface area contributed by atoms with E-state index in [0.29, 0.717) is 18.9 Å². The molecule has 0 saturated carbocycles. The zero-order valence-corrected chi connectivity index (χ0v) is 18.8. The van der Waals surface area contributed by atoms with E-state index in [1.165, 1.54) is 3.97 Å². The lowest BCUT2D eigenvalue weighted by atomic mass is 10.0. The molecule has 6 rings (SSSR count). The summed E-state index contributed by atoms with van der Waals surface area (Å²) < 4.78 is 41.5. The van der Waals surface area contributed by atoms with Crippen molar-refractivity contribution in [3.05, 3.63) is 72.8 Å². The third-order valence-electron chi connectivity index (χ3n) is 6.21. The van der Waals surface area contributed by atoms with Crippen LogP contribution in [0, 0.1) is 0 Å². The molecule has 2 aliphatic rings. The van der Waals surface area contributed by atoms with Crippen LogP contribution in [-0.4, -0.2) is 46.2 Å². The van der Waals surface area contributed by atoms with Crippen LogP contribution >= 0.6 is 0 Å². The quantitative estimate of drug-likeness (QED) is 0.461. The fourth-order valence-electron chi connectivity index (χ4n) is 4.58. The smallest absolute Gasteiger partial charge is 0.269 e. The van der Waals surface area contributed by atoms with Crippen LogP contribution in [0.4, 0.5) is 0 Å². The molecule has 1 aromatic carbocycles. The molecular formula is C24H22N4O4S. The molecule has 0 N–H and O–H groups in total. The third kappa shape index (κ3) is 3.31. The highest BCUT2D eigenvalue weighted by molar-refractivity contribution is 7.90. The summed E-state index contributed by atoms with van der Waals surface area (Å²) in [5.41, 5.74) is 3.97. The number of benzene rings is 1. The van der Waals surface area contributed by atoms with Gasteiger partial charge in [0.05, 0.1) is 24.3 Å². The number of allylic oxidation sites excluding steroid dienone is 1. The SMILES string of the molecule is Cn1cc(-c2cn(S(=O)(=O)c3ccccc3)c3ncc(C4=CC5(CC4)OCCO5)cc23)cn1. The lowest BCUT2D eigenvalue weighted by Gasteiger charge is -2.17. The highest BCUT2D eigenvalue weighted by Gasteiger charge is 2.39. The molecule has 9 heteroatoms. The van der Waals surface area contributed by atoms with Crippen LogP contribution in [0.15, 0.2) is 72.2 Å². The van der Waals surface area contributed by atoms with Crippen LogP contribution in [0.2, 0.25) is 0 Å². The first kappa shape index (κ1) is 20.3. The summed E-state index contributed by atoms with van der Waals surface area (Å²) in [6, 6.07) is 10.4. The number of aryl methyl sites for hydroxylation is 1. The van der Waals surface area contributed by atoms with Gasteiger partial charge >= 0.3 is 0 Å². The van der Waals surface area contributed by atoms with E-state index in [4.69, 9.17) is 9.47 Å². The van der Waals surface area contributed by atoms with E-state index in [9.17, 15) is 8.42 Å². The van der Waals surface area contributed by atoms with Gasteiger partial charge in [0, 0.05) is 48.6 Å². The number of pyridine rings is 1. The summed E-state index contributed by atoms with van der Waals surface area (Å²) in [5.74, 6) is -0.640. The average molecular weight is 463 g/mol. The Morgan fingerprint density at radius 3 is 2.55 bits per heavy atom. The zero-order chi connectivity index (χ0) is 22.6. The highest BCUT2D eigenvalue weighted by atomic mass is 32.2. The molecule has 1 fully saturated rings. The molecule has 1 aliphatic heterocycles. The third-order valence-corrected chi connectivity index (χ3v) is 7.88. The lowest BCUT2D eigenvalue weighted by molar-refractivity contribution is -0.114. The number of nitrogens with zero attached hydrogens (tertiary/aromatic N) is 4. The monoisotopic (exact) mass is 462 g/mol. The van der Waals surface area contributed by atoms with Crippen LogP contribution in [0.25, 0.3) is 27.7 Å². The topological polar surface area (TPSA) is 88.2 Å². The van der Waals surface area contributed by atoms with Gasteiger partial charge in [-0.15, -0.1) is 0 Å². The van der Waals surface area contributed by atoms with Gasteiger partial charge in [0.25, 0.3) is 10.0 Å². The molecule has 4 aromatic rings. The normalized spacial score (nSPS) is 17.8. The highest BCUT2D eigenvalue weighted by Crippen LogP contribution is 2.41. The van der Waals surface area contributed by atoms with Crippen LogP contribution in [-0.2, 0) is 26.5 Å². The second kappa shape index (κ2) is 7.38. The summed E-state index contributed by atoms with van der Waals surface area (Å²) in [6.45, 7) is 1.18. The predicted molar refractivity (Wildman–Crippen MR) is 123 cm³/mol. The van der Waals surface area contributed by atoms with Gasteiger partial charge in [-0.1, -0.05) is 18.2 Å². The van der Waals surface area contributed by atoms with Gasteiger partial charge in [0.1, 0.15) is 0 Å². The summed E-state index contributed by atoms with van der Waals surface area (Å²) >= 11 is 0. The van der Waals surface area contributed by atoms with Gasteiger partial charge in [-0.25, -0.2) is 17.4 Å². The number of fused-ring (bicyclic) bond motifs is 1. The fraction of sp³-hybridized carbons (Fsp3) is 0.250. The van der Waals surface area contributed by atoms with Gasteiger partial charge in [0.2, 0.25) is 0 Å². The van der Waals surface area contributed by atoms with E-state index in [0.717, 1.165) is 40.5 Å². The maximum Gasteiger partial charge on any atom is 0.269 e. The van der Waals surface area contributed by atoms with Gasteiger partial charge in [-0.2, -0.15) is 5.10 Å². The first-order valence-electron chi connectivity index (χ1n) is 10.8. The zero-order valence-electron chi connectivity index (χ0n) is 18.0. The minimum Gasteiger partial charge on any atom is -0.344 e. The molecule has 1 aliphatic carbocycles. The van der Waals surface area contributed by atoms with Gasteiger partial charge < -0.3 is 9.47 Å². The van der Waals surface area contributed by atoms with Crippen molar-refractivity contribution in [2.45, 2.75) is 23.5 Å². The number of ether oxygens (including phenoxy) is 2. The summed E-state index contributed by atoms with van der Waals surface area (Å²) in [4.78, 5) is 4.83. The summed E-state index contributed by atoms with van der Waals surface area (Å²) in [6.07, 6.45) is 10.6. The second-order valence-electron chi connectivity index (χ2n) is 8.33. The molecule has 0 atom stereocenters. The molecule has 33 heavy (non-hydrogen) atoms. The van der Waals surface area contributed by atoms with Gasteiger partial charge in [0.15, 0.2) is 11.4 Å². The predicted octanol–water partition coefficient (Wildman–Crippen LogP) is 3.59. The van der Waals surface area contributed by atoms with Crippen molar-refractivity contribution in [3.63, 3.8) is 0 Å². The Hall–Kier alpha value is -3.27. The Balaban J connectivity index is 1.54. The molecular weight excluding hydrogens is 440 g/mol. The lowest BCUT2D eigenvalue weighted by Crippen LogP contribution is -2.23. The minimum atomic E-state index is -3.82. The molecule has 0 amide bonds. The van der Waals surface area contributed by atoms with E-state index in [1.807, 2.05) is 25.4 Å². The van der Waals surface area contributed by atoms with E-state index in [2.05, 4.69) is 10.1 Å². The molecule has 0 bridgehead atoms. The van der Waals surface area contributed by atoms with Crippen LogP contribution < -0.4 is 0 Å². The van der Waals surface area contributed by atoms with Crippen molar-refractivity contribution in [1.82, 2.24) is 18.7 Å². The Morgan fingerprint density at radius 1 is 1.03 bits per heavy atom. The molecule has 8 nitrogen and oxygen atoms in total. The fourth-order valence-corrected chi connectivity index (χ4v) is 5.92. The first-order chi connectivity index (χ1) is 16.0. The average Bonchev–Trinajstić information content (AvgIpc) is 3.62. The summed E-state index contributed by atoms with van der Waals surface area (Å²) in [5, 5.41) is 5.02. The van der Waals surface area contributed by atoms with Gasteiger partial charge in [-0.05, 0) is 41.8 Å². The molecule has 3 aromatic heterocycles. The van der Waals surface area contributed by atoms with Crippen LogP contribution in [0.5, 0.6) is 0 Å². The van der Waals surface area contributed by atoms with E-state index in [-0.39, 0.29) is 4.90 Å². The molecule has 0 unspecified atom stereocenters. The van der Waals surface area contributed by atoms with Crippen molar-refractivity contribution in [1.29, 1.82) is 0 Å². The van der Waals surface area contributed by atoms with Crippen molar-refractivity contribution >= 4 is 26.6 Å². The first-order valence-corrected chi connectivity index (χ1v) is 12.2. The van der Waals surface area contributed by atoms with E-state index >= 15 is 0 Å². The number of hydrogen-bond donors (Lipinski definition) is 0. The van der Waals surface area contributed by atoms with Crippen molar-refractivity contribution < 1.29 is 17.9 Å². The van der Waals surface area contributed by atoms with Crippen molar-refractivity contribution in [3.8, 4) is 11.1 Å². The number of rotatable bonds is 4. The Labute approximate surface area is 191 Å². The molecule has 0 radical (unpaired) electrons. The standard InChI is InChI=1S/C24H22N4O4S/c1-27-15-19(14-26-27)22-16-28(33(29,30)20-5-3-2-4-6-20)23-21(22)11-18(13-25-23)17-7-8-24(12-17)31-9-10-32-24/h2-6,11-16H,7-10H2,1H3. The molecule has 1 saturated heterocycles. The van der Waals surface area contributed by atoms with Crippen LogP contribution in [0.1, 0.15) is 18.4 Å². The maximum atomic E-state index is 13.5. The van der Waals surface area contributed by atoms with Crippen molar-refractivity contribution in [2.24, 2.45) is 7.05 Å². The second-order valence-corrected chi connectivity index (χ2v) is 10.1.